The Balaban J connectivity index is 2.25. The number of nitrogens with zero attached hydrogens (tertiary/aromatic N) is 2. The highest BCUT2D eigenvalue weighted by molar-refractivity contribution is 9.09. The minimum atomic E-state index is 0.742. The molecule has 0 aliphatic carbocycles. The van der Waals surface area contributed by atoms with Crippen LogP contribution in [0.5, 0.6) is 0 Å². The first-order chi connectivity index (χ1) is 7.29. The Kier molecular flexibility index (Phi) is 3.44. The second-order valence-corrected chi connectivity index (χ2v) is 4.40. The van der Waals surface area contributed by atoms with Crippen molar-refractivity contribution in [2.24, 2.45) is 0 Å². The van der Waals surface area contributed by atoms with E-state index in [2.05, 4.69) is 21.0 Å². The van der Waals surface area contributed by atoms with Crippen molar-refractivity contribution in [1.82, 2.24) is 9.78 Å². The smallest absolute Gasteiger partial charge is 0.0646 e. The molecule has 1 aromatic carbocycles. The van der Waals surface area contributed by atoms with Crippen molar-refractivity contribution in [2.45, 2.75) is 6.42 Å². The van der Waals surface area contributed by atoms with Gasteiger partial charge >= 0.3 is 0 Å². The molecule has 0 amide bonds. The Bertz CT molecular complexity index is 436. The number of benzene rings is 1. The molecule has 15 heavy (non-hydrogen) atoms. The number of aryl methyl sites for hydroxylation is 1. The third-order valence-electron chi connectivity index (χ3n) is 2.09. The maximum atomic E-state index is 5.82. The summed E-state index contributed by atoms with van der Waals surface area (Å²) < 4.78 is 1.86. The Morgan fingerprint density at radius 2 is 1.93 bits per heavy atom. The molecule has 1 heterocycles. The zero-order valence-corrected chi connectivity index (χ0v) is 10.4. The molecule has 0 unspecified atom stereocenters. The Morgan fingerprint density at radius 3 is 2.60 bits per heavy atom. The topological polar surface area (TPSA) is 17.8 Å². The second kappa shape index (κ2) is 4.81. The quantitative estimate of drug-likeness (QED) is 0.790. The number of alkyl halides is 1. The molecule has 0 N–H and O–H groups in total. The fraction of sp³-hybridized carbons (Fsp3) is 0.182. The van der Waals surface area contributed by atoms with Gasteiger partial charge in [-0.3, -0.25) is 0 Å². The lowest BCUT2D eigenvalue weighted by atomic mass is 10.3. The van der Waals surface area contributed by atoms with Gasteiger partial charge in [-0.15, -0.1) is 0 Å². The largest absolute Gasteiger partial charge is 0.241 e. The fourth-order valence-electron chi connectivity index (χ4n) is 1.33. The summed E-state index contributed by atoms with van der Waals surface area (Å²) in [7, 11) is 0. The first-order valence-electron chi connectivity index (χ1n) is 4.66. The minimum Gasteiger partial charge on any atom is -0.241 e. The van der Waals surface area contributed by atoms with Gasteiger partial charge in [0.05, 0.1) is 11.4 Å². The van der Waals surface area contributed by atoms with Crippen molar-refractivity contribution < 1.29 is 0 Å². The first-order valence-corrected chi connectivity index (χ1v) is 6.16. The van der Waals surface area contributed by atoms with E-state index in [4.69, 9.17) is 11.6 Å². The lowest BCUT2D eigenvalue weighted by molar-refractivity contribution is 0.844. The zero-order chi connectivity index (χ0) is 10.7. The van der Waals surface area contributed by atoms with Gasteiger partial charge in [-0.05, 0) is 30.3 Å². The molecule has 1 aromatic heterocycles. The molecule has 78 valence electrons. The van der Waals surface area contributed by atoms with Gasteiger partial charge in [0, 0.05) is 23.0 Å². The predicted molar refractivity (Wildman–Crippen MR) is 66.1 cm³/mol. The molecule has 0 aliphatic heterocycles. The SMILES string of the molecule is Clc1ccc(-n2ccc(CCBr)n2)cc1. The predicted octanol–water partition coefficient (Wildman–Crippen LogP) is 3.46. The molecule has 2 aromatic rings. The molecular weight excluding hydrogens is 275 g/mol. The summed E-state index contributed by atoms with van der Waals surface area (Å²) in [5.41, 5.74) is 2.11. The van der Waals surface area contributed by atoms with Gasteiger partial charge in [0.2, 0.25) is 0 Å². The average molecular weight is 286 g/mol. The molecule has 0 bridgehead atoms. The Morgan fingerprint density at radius 1 is 1.20 bits per heavy atom. The van der Waals surface area contributed by atoms with Crippen LogP contribution in [0.3, 0.4) is 0 Å². The zero-order valence-electron chi connectivity index (χ0n) is 8.03. The highest BCUT2D eigenvalue weighted by Gasteiger charge is 2.00. The monoisotopic (exact) mass is 284 g/mol. The number of rotatable bonds is 3. The summed E-state index contributed by atoms with van der Waals surface area (Å²) in [4.78, 5) is 0. The standard InChI is InChI=1S/C11H10BrClN2/c12-7-5-10-6-8-15(14-10)11-3-1-9(13)2-4-11/h1-4,6,8H,5,7H2. The molecule has 4 heteroatoms. The maximum absolute atomic E-state index is 5.82. The van der Waals surface area contributed by atoms with E-state index in [0.717, 1.165) is 28.2 Å². The average Bonchev–Trinajstić information content (AvgIpc) is 2.68. The van der Waals surface area contributed by atoms with E-state index in [1.807, 2.05) is 41.2 Å². The van der Waals surface area contributed by atoms with Gasteiger partial charge in [-0.25, -0.2) is 4.68 Å². The van der Waals surface area contributed by atoms with Gasteiger partial charge in [-0.1, -0.05) is 27.5 Å². The summed E-state index contributed by atoms with van der Waals surface area (Å²) in [6.07, 6.45) is 2.90. The van der Waals surface area contributed by atoms with Crippen molar-refractivity contribution in [3.63, 3.8) is 0 Å². The molecule has 2 nitrogen and oxygen atoms in total. The number of halogens is 2. The molecule has 0 radical (unpaired) electrons. The number of hydrogen-bond acceptors (Lipinski definition) is 1. The summed E-state index contributed by atoms with van der Waals surface area (Å²) in [5, 5.41) is 6.12. The number of aromatic nitrogens is 2. The van der Waals surface area contributed by atoms with Gasteiger partial charge < -0.3 is 0 Å². The van der Waals surface area contributed by atoms with Gasteiger partial charge in [0.15, 0.2) is 0 Å². The fourth-order valence-corrected chi connectivity index (χ4v) is 1.86. The molecular formula is C11H10BrClN2. The van der Waals surface area contributed by atoms with E-state index in [1.54, 1.807) is 0 Å². The summed E-state index contributed by atoms with van der Waals surface area (Å²) in [5.74, 6) is 0. The van der Waals surface area contributed by atoms with Crippen LogP contribution in [0.1, 0.15) is 5.69 Å². The molecule has 0 saturated heterocycles. The Labute approximate surface area is 102 Å². The first kappa shape index (κ1) is 10.7. The van der Waals surface area contributed by atoms with Crippen LogP contribution < -0.4 is 0 Å². The molecule has 0 spiro atoms. The van der Waals surface area contributed by atoms with Crippen LogP contribution in [-0.4, -0.2) is 15.1 Å². The third kappa shape index (κ3) is 2.61. The summed E-state index contributed by atoms with van der Waals surface area (Å²) in [6, 6.07) is 9.65. The lowest BCUT2D eigenvalue weighted by Crippen LogP contribution is -1.96. The molecule has 2 rings (SSSR count). The van der Waals surface area contributed by atoms with Crippen LogP contribution in [0.15, 0.2) is 36.5 Å². The van der Waals surface area contributed by atoms with Crippen LogP contribution in [0.25, 0.3) is 5.69 Å². The van der Waals surface area contributed by atoms with Gasteiger partial charge in [0.1, 0.15) is 0 Å². The van der Waals surface area contributed by atoms with Crippen LogP contribution in [0.4, 0.5) is 0 Å². The van der Waals surface area contributed by atoms with Crippen molar-refractivity contribution in [2.75, 3.05) is 5.33 Å². The van der Waals surface area contributed by atoms with E-state index in [1.165, 1.54) is 0 Å². The maximum Gasteiger partial charge on any atom is 0.0646 e. The van der Waals surface area contributed by atoms with Crippen molar-refractivity contribution in [3.8, 4) is 5.69 Å². The van der Waals surface area contributed by atoms with E-state index in [9.17, 15) is 0 Å². The van der Waals surface area contributed by atoms with Crippen LogP contribution >= 0.6 is 27.5 Å². The van der Waals surface area contributed by atoms with Crippen LogP contribution in [0.2, 0.25) is 5.02 Å². The highest BCUT2D eigenvalue weighted by atomic mass is 79.9. The van der Waals surface area contributed by atoms with Gasteiger partial charge in [0.25, 0.3) is 0 Å². The Hall–Kier alpha value is -0.800. The van der Waals surface area contributed by atoms with E-state index in [-0.39, 0.29) is 0 Å². The minimum absolute atomic E-state index is 0.742. The molecule has 0 atom stereocenters. The lowest BCUT2D eigenvalue weighted by Gasteiger charge is -2.00. The van der Waals surface area contributed by atoms with Crippen LogP contribution in [-0.2, 0) is 6.42 Å². The number of hydrogen-bond donors (Lipinski definition) is 0. The third-order valence-corrected chi connectivity index (χ3v) is 2.73. The van der Waals surface area contributed by atoms with E-state index >= 15 is 0 Å². The van der Waals surface area contributed by atoms with Crippen molar-refractivity contribution >= 4 is 27.5 Å². The normalized spacial score (nSPS) is 10.5. The van der Waals surface area contributed by atoms with Crippen LogP contribution in [0, 0.1) is 0 Å². The highest BCUT2D eigenvalue weighted by Crippen LogP contribution is 2.13. The summed E-state index contributed by atoms with van der Waals surface area (Å²) >= 11 is 9.21. The van der Waals surface area contributed by atoms with Gasteiger partial charge in [-0.2, -0.15) is 5.10 Å². The second-order valence-electron chi connectivity index (χ2n) is 3.17. The molecule has 0 fully saturated rings. The van der Waals surface area contributed by atoms with E-state index in [0.29, 0.717) is 0 Å². The molecule has 0 saturated carbocycles. The molecule has 0 aliphatic rings. The van der Waals surface area contributed by atoms with E-state index < -0.39 is 0 Å². The van der Waals surface area contributed by atoms with Crippen molar-refractivity contribution in [1.29, 1.82) is 0 Å². The summed E-state index contributed by atoms with van der Waals surface area (Å²) in [6.45, 7) is 0. The van der Waals surface area contributed by atoms with Crippen molar-refractivity contribution in [3.05, 3.63) is 47.2 Å².